The fraction of sp³-hybridized carbons (Fsp3) is 0.607. The molecule has 0 amide bonds. The minimum absolute atomic E-state index is 0.345. The fourth-order valence-corrected chi connectivity index (χ4v) is 5.38. The molecule has 3 fully saturated rings. The lowest BCUT2D eigenvalue weighted by molar-refractivity contribution is 0.122. The highest BCUT2D eigenvalue weighted by atomic mass is 16.5. The summed E-state index contributed by atoms with van der Waals surface area (Å²) in [6.07, 6.45) is 9.44. The fourth-order valence-electron chi connectivity index (χ4n) is 5.38. The van der Waals surface area contributed by atoms with Gasteiger partial charge in [0, 0.05) is 38.8 Å². The van der Waals surface area contributed by atoms with Crippen molar-refractivity contribution in [1.29, 1.82) is 0 Å². The number of nitrogens with zero attached hydrogens (tertiary/aromatic N) is 3. The first kappa shape index (κ1) is 24.2. The van der Waals surface area contributed by atoms with Crippen molar-refractivity contribution in [2.75, 3.05) is 56.2 Å². The number of likely N-dealkylation sites (tertiary alicyclic amines) is 1. The number of hydrogen-bond donors (Lipinski definition) is 1. The molecule has 1 aromatic carbocycles. The first-order chi connectivity index (χ1) is 17.3. The largest absolute Gasteiger partial charge is 0.490 e. The van der Waals surface area contributed by atoms with E-state index in [9.17, 15) is 0 Å². The minimum Gasteiger partial charge on any atom is -0.490 e. The normalized spacial score (nSPS) is 20.2. The SMILES string of the molecule is CCOc1cc(CN2CCC(Nc3ccc(N4CCOCC4)nc3)CC2)ccc1OC1CCCC1. The quantitative estimate of drug-likeness (QED) is 0.558. The van der Waals surface area contributed by atoms with Gasteiger partial charge >= 0.3 is 0 Å². The molecule has 0 bridgehead atoms. The molecule has 2 aromatic rings. The smallest absolute Gasteiger partial charge is 0.161 e. The number of aromatic nitrogens is 1. The van der Waals surface area contributed by atoms with Crippen molar-refractivity contribution in [3.63, 3.8) is 0 Å². The van der Waals surface area contributed by atoms with Gasteiger partial charge in [-0.1, -0.05) is 6.07 Å². The predicted molar refractivity (Wildman–Crippen MR) is 140 cm³/mol. The average molecular weight is 481 g/mol. The Bertz CT molecular complexity index is 918. The molecule has 3 heterocycles. The van der Waals surface area contributed by atoms with Gasteiger partial charge in [0.05, 0.1) is 37.8 Å². The summed E-state index contributed by atoms with van der Waals surface area (Å²) in [5.74, 6) is 2.83. The molecule has 0 unspecified atom stereocenters. The molecule has 0 atom stereocenters. The van der Waals surface area contributed by atoms with Crippen LogP contribution in [0, 0.1) is 0 Å². The number of piperidine rings is 1. The Morgan fingerprint density at radius 2 is 1.77 bits per heavy atom. The second-order valence-electron chi connectivity index (χ2n) is 9.94. The Kier molecular flexibility index (Phi) is 8.26. The average Bonchev–Trinajstić information content (AvgIpc) is 3.41. The van der Waals surface area contributed by atoms with Crippen molar-refractivity contribution in [2.24, 2.45) is 0 Å². The van der Waals surface area contributed by atoms with Crippen molar-refractivity contribution in [3.05, 3.63) is 42.1 Å². The van der Waals surface area contributed by atoms with Crippen LogP contribution in [0.2, 0.25) is 0 Å². The van der Waals surface area contributed by atoms with E-state index in [2.05, 4.69) is 50.4 Å². The molecule has 5 rings (SSSR count). The molecule has 2 saturated heterocycles. The summed E-state index contributed by atoms with van der Waals surface area (Å²) in [6.45, 7) is 9.21. The molecule has 7 heteroatoms. The van der Waals surface area contributed by atoms with Crippen LogP contribution in [0.4, 0.5) is 11.5 Å². The number of morpholine rings is 1. The van der Waals surface area contributed by atoms with E-state index in [4.69, 9.17) is 14.2 Å². The van der Waals surface area contributed by atoms with Gasteiger partial charge in [-0.3, -0.25) is 4.90 Å². The lowest BCUT2D eigenvalue weighted by Crippen LogP contribution is -2.38. The summed E-state index contributed by atoms with van der Waals surface area (Å²) in [5, 5.41) is 3.69. The number of benzene rings is 1. The van der Waals surface area contributed by atoms with Gasteiger partial charge in [-0.2, -0.15) is 0 Å². The highest BCUT2D eigenvalue weighted by Crippen LogP contribution is 2.33. The van der Waals surface area contributed by atoms with Crippen molar-refractivity contribution >= 4 is 11.5 Å². The van der Waals surface area contributed by atoms with Gasteiger partial charge < -0.3 is 24.4 Å². The van der Waals surface area contributed by atoms with Gasteiger partial charge in [0.25, 0.3) is 0 Å². The second kappa shape index (κ2) is 12.0. The van der Waals surface area contributed by atoms with Gasteiger partial charge in [-0.15, -0.1) is 0 Å². The Hall–Kier alpha value is -2.51. The summed E-state index contributed by atoms with van der Waals surface area (Å²) in [5.41, 5.74) is 2.40. The third-order valence-electron chi connectivity index (χ3n) is 7.35. The maximum atomic E-state index is 6.26. The molecule has 0 spiro atoms. The summed E-state index contributed by atoms with van der Waals surface area (Å²) in [6, 6.07) is 11.3. The zero-order chi connectivity index (χ0) is 23.9. The predicted octanol–water partition coefficient (Wildman–Crippen LogP) is 4.71. The monoisotopic (exact) mass is 480 g/mol. The van der Waals surface area contributed by atoms with Crippen LogP contribution in [0.25, 0.3) is 0 Å². The molecule has 1 saturated carbocycles. The van der Waals surface area contributed by atoms with Gasteiger partial charge in [-0.25, -0.2) is 4.98 Å². The van der Waals surface area contributed by atoms with Crippen LogP contribution in [0.1, 0.15) is 51.0 Å². The Morgan fingerprint density at radius 1 is 0.971 bits per heavy atom. The molecule has 0 radical (unpaired) electrons. The van der Waals surface area contributed by atoms with E-state index in [0.717, 1.165) is 94.6 Å². The van der Waals surface area contributed by atoms with E-state index >= 15 is 0 Å². The Balaban J connectivity index is 1.10. The zero-order valence-electron chi connectivity index (χ0n) is 21.1. The number of rotatable bonds is 9. The van der Waals surface area contributed by atoms with Crippen molar-refractivity contribution in [2.45, 2.75) is 64.1 Å². The van der Waals surface area contributed by atoms with E-state index in [1.165, 1.54) is 18.4 Å². The summed E-state index contributed by atoms with van der Waals surface area (Å²) in [4.78, 5) is 9.51. The molecule has 1 aromatic heterocycles. The highest BCUT2D eigenvalue weighted by Gasteiger charge is 2.22. The molecule has 190 valence electrons. The van der Waals surface area contributed by atoms with E-state index in [1.54, 1.807) is 0 Å². The molecule has 2 aliphatic heterocycles. The summed E-state index contributed by atoms with van der Waals surface area (Å²) >= 11 is 0. The zero-order valence-corrected chi connectivity index (χ0v) is 21.1. The van der Waals surface area contributed by atoms with E-state index in [-0.39, 0.29) is 0 Å². The number of pyridine rings is 1. The summed E-state index contributed by atoms with van der Waals surface area (Å²) < 4.78 is 17.6. The molecule has 1 N–H and O–H groups in total. The highest BCUT2D eigenvalue weighted by molar-refractivity contribution is 5.49. The number of ether oxygens (including phenoxy) is 3. The first-order valence-electron chi connectivity index (χ1n) is 13.5. The van der Waals surface area contributed by atoms with Gasteiger partial charge in [0.2, 0.25) is 0 Å². The van der Waals surface area contributed by atoms with Gasteiger partial charge in [0.1, 0.15) is 5.82 Å². The topological polar surface area (TPSA) is 59.1 Å². The van der Waals surface area contributed by atoms with E-state index < -0.39 is 0 Å². The second-order valence-corrected chi connectivity index (χ2v) is 9.94. The lowest BCUT2D eigenvalue weighted by Gasteiger charge is -2.33. The minimum atomic E-state index is 0.345. The van der Waals surface area contributed by atoms with Crippen molar-refractivity contribution in [3.8, 4) is 11.5 Å². The van der Waals surface area contributed by atoms with Gasteiger partial charge in [0.15, 0.2) is 11.5 Å². The first-order valence-corrected chi connectivity index (χ1v) is 13.5. The van der Waals surface area contributed by atoms with Crippen LogP contribution in [-0.4, -0.2) is 68.0 Å². The Labute approximate surface area is 209 Å². The number of nitrogens with one attached hydrogen (secondary N) is 1. The third kappa shape index (κ3) is 6.58. The van der Waals surface area contributed by atoms with Crippen LogP contribution in [-0.2, 0) is 11.3 Å². The van der Waals surface area contributed by atoms with Crippen LogP contribution in [0.5, 0.6) is 11.5 Å². The van der Waals surface area contributed by atoms with Crippen molar-refractivity contribution < 1.29 is 14.2 Å². The number of anilines is 2. The lowest BCUT2D eigenvalue weighted by atomic mass is 10.0. The van der Waals surface area contributed by atoms with Crippen LogP contribution in [0.3, 0.4) is 0 Å². The van der Waals surface area contributed by atoms with Crippen LogP contribution in [0.15, 0.2) is 36.5 Å². The van der Waals surface area contributed by atoms with Crippen LogP contribution < -0.4 is 19.7 Å². The van der Waals surface area contributed by atoms with E-state index in [0.29, 0.717) is 18.8 Å². The molecule has 3 aliphatic rings. The van der Waals surface area contributed by atoms with Gasteiger partial charge in [-0.05, 0) is 75.3 Å². The summed E-state index contributed by atoms with van der Waals surface area (Å²) in [7, 11) is 0. The number of hydrogen-bond acceptors (Lipinski definition) is 7. The third-order valence-corrected chi connectivity index (χ3v) is 7.35. The van der Waals surface area contributed by atoms with E-state index in [1.807, 2.05) is 13.1 Å². The molecule has 7 nitrogen and oxygen atoms in total. The molecular formula is C28H40N4O3. The molecule has 35 heavy (non-hydrogen) atoms. The maximum Gasteiger partial charge on any atom is 0.161 e. The maximum absolute atomic E-state index is 6.26. The standard InChI is InChI=1S/C28H40N4O3/c1-2-34-27-19-22(7-9-26(27)35-25-5-3-4-6-25)21-31-13-11-23(12-14-31)30-24-8-10-28(29-20-24)32-15-17-33-18-16-32/h7-10,19-20,23,25,30H,2-6,11-18,21H2,1H3. The molecule has 1 aliphatic carbocycles. The van der Waals surface area contributed by atoms with Crippen molar-refractivity contribution in [1.82, 2.24) is 9.88 Å². The van der Waals surface area contributed by atoms with Crippen LogP contribution >= 0.6 is 0 Å². The Morgan fingerprint density at radius 3 is 2.49 bits per heavy atom. The molecular weight excluding hydrogens is 440 g/mol.